The monoisotopic (exact) mass is 366 g/mol. The van der Waals surface area contributed by atoms with Crippen LogP contribution >= 0.6 is 0 Å². The fourth-order valence-electron chi connectivity index (χ4n) is 2.96. The summed E-state index contributed by atoms with van der Waals surface area (Å²) in [5.74, 6) is -1.46. The molecule has 1 saturated carbocycles. The highest BCUT2D eigenvalue weighted by molar-refractivity contribution is 7.90. The fraction of sp³-hybridized carbons (Fsp3) is 0.571. The Kier molecular flexibility index (Phi) is 5.07. The van der Waals surface area contributed by atoms with Gasteiger partial charge in [-0.15, -0.1) is 0 Å². The first-order valence-electron chi connectivity index (χ1n) is 7.31. The van der Waals surface area contributed by atoms with Crippen molar-refractivity contribution < 1.29 is 26.5 Å². The average Bonchev–Trinajstić information content (AvgIpc) is 2.45. The van der Waals surface area contributed by atoms with Gasteiger partial charge in [-0.1, -0.05) is 12.5 Å². The smallest absolute Gasteiger partial charge is 0.377 e. The number of benzene rings is 1. The van der Waals surface area contributed by atoms with Crippen molar-refractivity contribution in [3.63, 3.8) is 0 Å². The van der Waals surface area contributed by atoms with E-state index in [2.05, 4.69) is 5.32 Å². The second-order valence-corrected chi connectivity index (χ2v) is 7.91. The Morgan fingerprint density at radius 3 is 2.50 bits per heavy atom. The number of hydrogen-bond donors (Lipinski definition) is 1. The number of halogens is 3. The summed E-state index contributed by atoms with van der Waals surface area (Å²) in [5.41, 5.74) is -0.704. The molecule has 2 unspecified atom stereocenters. The molecule has 2 atom stereocenters. The third-order valence-corrected chi connectivity index (χ3v) is 5.21. The van der Waals surface area contributed by atoms with Crippen molar-refractivity contribution >= 4 is 21.2 Å². The molecule has 134 valence electrons. The summed E-state index contributed by atoms with van der Waals surface area (Å²) in [7, 11) is -3.84. The predicted molar refractivity (Wildman–Crippen MR) is 81.6 cm³/mol. The Labute approximate surface area is 137 Å². The van der Waals surface area contributed by atoms with Gasteiger partial charge in [0.15, 0.2) is 9.84 Å². The molecule has 0 heterocycles. The minimum atomic E-state index is -4.30. The van der Waals surface area contributed by atoms with E-state index in [1.54, 1.807) is 0 Å². The van der Waals surface area contributed by atoms with E-state index in [-0.39, 0.29) is 18.5 Å². The van der Waals surface area contributed by atoms with E-state index in [1.165, 1.54) is 12.1 Å². The van der Waals surface area contributed by atoms with Crippen LogP contribution in [0.1, 0.15) is 25.7 Å². The largest absolute Gasteiger partial charge is 0.391 e. The van der Waals surface area contributed by atoms with Crippen molar-refractivity contribution in [2.75, 3.05) is 11.6 Å². The lowest BCUT2D eigenvalue weighted by Crippen LogP contribution is -2.34. The molecule has 0 saturated heterocycles. The molecule has 1 aromatic rings. The van der Waals surface area contributed by atoms with Crippen LogP contribution in [-0.2, 0) is 9.84 Å². The van der Waals surface area contributed by atoms with Gasteiger partial charge in [0.05, 0.1) is 10.8 Å². The van der Waals surface area contributed by atoms with Gasteiger partial charge < -0.3 is 5.32 Å². The number of rotatable bonds is 4. The Hall–Kier alpha value is -1.84. The lowest BCUT2D eigenvalue weighted by Gasteiger charge is -2.31. The van der Waals surface area contributed by atoms with Crippen LogP contribution < -0.4 is 5.32 Å². The normalized spacial score (nSPS) is 22.2. The number of hydrogen-bond acceptors (Lipinski definition) is 5. The molecule has 0 amide bonds. The number of nitro groups is 1. The van der Waals surface area contributed by atoms with Crippen LogP contribution in [0.15, 0.2) is 23.1 Å². The molecule has 1 aliphatic carbocycles. The highest BCUT2D eigenvalue weighted by Gasteiger charge is 2.42. The molecule has 0 radical (unpaired) electrons. The number of nitro benzene ring substituents is 1. The number of para-hydroxylation sites is 1. The number of alkyl halides is 3. The zero-order valence-electron chi connectivity index (χ0n) is 12.8. The first-order chi connectivity index (χ1) is 11.0. The molecule has 2 rings (SSSR count). The second kappa shape index (κ2) is 6.58. The van der Waals surface area contributed by atoms with Gasteiger partial charge in [0, 0.05) is 12.3 Å². The summed E-state index contributed by atoms with van der Waals surface area (Å²) in [6, 6.07) is 3.15. The Balaban J connectivity index is 2.32. The zero-order chi connectivity index (χ0) is 18.1. The Morgan fingerprint density at radius 2 is 1.96 bits per heavy atom. The van der Waals surface area contributed by atoms with Crippen molar-refractivity contribution in [3.05, 3.63) is 28.3 Å². The lowest BCUT2D eigenvalue weighted by atomic mass is 9.85. The minimum Gasteiger partial charge on any atom is -0.377 e. The van der Waals surface area contributed by atoms with Crippen molar-refractivity contribution in [2.24, 2.45) is 5.92 Å². The molecule has 0 spiro atoms. The Morgan fingerprint density at radius 1 is 1.29 bits per heavy atom. The summed E-state index contributed by atoms with van der Waals surface area (Å²) in [5, 5.41) is 14.0. The Bertz CT molecular complexity index is 734. The maximum absolute atomic E-state index is 12.9. The van der Waals surface area contributed by atoms with Gasteiger partial charge in [-0.2, -0.15) is 13.2 Å². The van der Waals surface area contributed by atoms with Gasteiger partial charge in [-0.05, 0) is 31.4 Å². The first-order valence-corrected chi connectivity index (χ1v) is 9.20. The van der Waals surface area contributed by atoms with E-state index >= 15 is 0 Å². The molecule has 1 fully saturated rings. The molecule has 1 N–H and O–H groups in total. The average molecular weight is 366 g/mol. The molecule has 1 aliphatic rings. The quantitative estimate of drug-likeness (QED) is 0.650. The van der Waals surface area contributed by atoms with Gasteiger partial charge in [0.1, 0.15) is 10.6 Å². The minimum absolute atomic E-state index is 0.0349. The van der Waals surface area contributed by atoms with Crippen LogP contribution in [-0.4, -0.2) is 31.8 Å². The molecule has 1 aromatic carbocycles. The van der Waals surface area contributed by atoms with Crippen LogP contribution in [0.3, 0.4) is 0 Å². The second-order valence-electron chi connectivity index (χ2n) is 5.93. The van der Waals surface area contributed by atoms with Crippen LogP contribution in [0.2, 0.25) is 0 Å². The molecule has 0 bridgehead atoms. The van der Waals surface area contributed by atoms with Gasteiger partial charge in [0.25, 0.3) is 0 Å². The van der Waals surface area contributed by atoms with Crippen LogP contribution in [0.25, 0.3) is 0 Å². The standard InChI is InChI=1S/C14H17F3N2O4S/c1-24(22,23)12-7-3-6-11(13(12)19(20)21)18-10-5-2-4-9(8-10)14(15,16)17/h3,6-7,9-10,18H,2,4-5,8H2,1H3. The fourth-order valence-corrected chi connectivity index (χ4v) is 3.83. The summed E-state index contributed by atoms with van der Waals surface area (Å²) >= 11 is 0. The molecule has 0 aliphatic heterocycles. The van der Waals surface area contributed by atoms with E-state index in [4.69, 9.17) is 0 Å². The van der Waals surface area contributed by atoms with E-state index in [0.29, 0.717) is 12.8 Å². The summed E-state index contributed by atoms with van der Waals surface area (Å²) in [4.78, 5) is 9.99. The SMILES string of the molecule is CS(=O)(=O)c1cccc(NC2CCCC(C(F)(F)F)C2)c1[N+](=O)[O-]. The number of nitrogens with one attached hydrogen (secondary N) is 1. The number of sulfone groups is 1. The molecule has 24 heavy (non-hydrogen) atoms. The van der Waals surface area contributed by atoms with Crippen LogP contribution in [0, 0.1) is 16.0 Å². The van der Waals surface area contributed by atoms with E-state index in [0.717, 1.165) is 12.3 Å². The maximum Gasteiger partial charge on any atom is 0.391 e. The highest BCUT2D eigenvalue weighted by Crippen LogP contribution is 2.40. The topological polar surface area (TPSA) is 89.3 Å². The summed E-state index contributed by atoms with van der Waals surface area (Å²) < 4.78 is 62.0. The van der Waals surface area contributed by atoms with E-state index in [1.807, 2.05) is 0 Å². The van der Waals surface area contributed by atoms with Crippen LogP contribution in [0.4, 0.5) is 24.5 Å². The third kappa shape index (κ3) is 4.16. The molecular formula is C14H17F3N2O4S. The summed E-state index contributed by atoms with van der Waals surface area (Å²) in [6.45, 7) is 0. The zero-order valence-corrected chi connectivity index (χ0v) is 13.7. The van der Waals surface area contributed by atoms with E-state index < -0.39 is 43.5 Å². The molecule has 6 nitrogen and oxygen atoms in total. The van der Waals surface area contributed by atoms with Crippen molar-refractivity contribution in [1.82, 2.24) is 0 Å². The maximum atomic E-state index is 12.9. The van der Waals surface area contributed by atoms with Gasteiger partial charge in [0.2, 0.25) is 0 Å². The number of anilines is 1. The van der Waals surface area contributed by atoms with Crippen LogP contribution in [0.5, 0.6) is 0 Å². The molecule has 0 aromatic heterocycles. The van der Waals surface area contributed by atoms with Gasteiger partial charge in [-0.3, -0.25) is 10.1 Å². The van der Waals surface area contributed by atoms with E-state index in [9.17, 15) is 31.7 Å². The van der Waals surface area contributed by atoms with Gasteiger partial charge in [-0.25, -0.2) is 8.42 Å². The van der Waals surface area contributed by atoms with Crippen molar-refractivity contribution in [3.8, 4) is 0 Å². The molecular weight excluding hydrogens is 349 g/mol. The third-order valence-electron chi connectivity index (χ3n) is 4.08. The van der Waals surface area contributed by atoms with Gasteiger partial charge >= 0.3 is 11.9 Å². The predicted octanol–water partition coefficient (Wildman–Crippen LogP) is 3.53. The highest BCUT2D eigenvalue weighted by atomic mass is 32.2. The number of nitrogens with zero attached hydrogens (tertiary/aromatic N) is 1. The van der Waals surface area contributed by atoms with Crippen molar-refractivity contribution in [2.45, 2.75) is 42.8 Å². The van der Waals surface area contributed by atoms with Crippen molar-refractivity contribution in [1.29, 1.82) is 0 Å². The first kappa shape index (κ1) is 18.5. The lowest BCUT2D eigenvalue weighted by molar-refractivity contribution is -0.386. The summed E-state index contributed by atoms with van der Waals surface area (Å²) in [6.07, 6.45) is -2.83. The molecule has 10 heteroatoms.